The number of hydrogen-bond donors (Lipinski definition) is 2. The van der Waals surface area contributed by atoms with Crippen molar-refractivity contribution < 1.29 is 24.2 Å². The third kappa shape index (κ3) is 4.43. The number of nitrogens with zero attached hydrogens (tertiary/aromatic N) is 4. The van der Waals surface area contributed by atoms with Crippen molar-refractivity contribution in [3.05, 3.63) is 102 Å². The second kappa shape index (κ2) is 10.2. The standard InChI is InChI=1S/C27H25N5O5/c1-36-26(34)21-23(18-11-5-7-13-28-18)32(15-20-30-16-9-3-4-10-17(16)31-20)24(19-12-6-8-14-29-19)22(25(21)33)27(35)37-2/h3-14,21,23-24,33H,15H2,1-2H3,(H,30,31)/t21?,23-,24-/m1/s1. The third-order valence-electron chi connectivity index (χ3n) is 6.44. The lowest BCUT2D eigenvalue weighted by Crippen LogP contribution is -2.47. The molecule has 0 spiro atoms. The van der Waals surface area contributed by atoms with Gasteiger partial charge in [0.25, 0.3) is 0 Å². The zero-order chi connectivity index (χ0) is 25.9. The van der Waals surface area contributed by atoms with Crippen LogP contribution in [0.5, 0.6) is 0 Å². The molecule has 0 amide bonds. The summed E-state index contributed by atoms with van der Waals surface area (Å²) in [5, 5.41) is 11.5. The van der Waals surface area contributed by atoms with Crippen LogP contribution in [0.2, 0.25) is 0 Å². The van der Waals surface area contributed by atoms with Gasteiger partial charge in [-0.1, -0.05) is 24.3 Å². The smallest absolute Gasteiger partial charge is 0.339 e. The van der Waals surface area contributed by atoms with Crippen LogP contribution in [0.15, 0.2) is 84.4 Å². The van der Waals surface area contributed by atoms with Crippen LogP contribution in [0.3, 0.4) is 0 Å². The fourth-order valence-corrected chi connectivity index (χ4v) is 4.86. The molecule has 0 fully saturated rings. The van der Waals surface area contributed by atoms with Gasteiger partial charge in [-0.15, -0.1) is 0 Å². The predicted octanol–water partition coefficient (Wildman–Crippen LogP) is 3.43. The van der Waals surface area contributed by atoms with Gasteiger partial charge in [0.1, 0.15) is 17.5 Å². The molecule has 4 heterocycles. The fraction of sp³-hybridized carbons (Fsp3) is 0.222. The Morgan fingerprint density at radius 3 is 2.24 bits per heavy atom. The summed E-state index contributed by atoms with van der Waals surface area (Å²) in [7, 11) is 2.46. The molecule has 4 aromatic rings. The fourth-order valence-electron chi connectivity index (χ4n) is 4.86. The summed E-state index contributed by atoms with van der Waals surface area (Å²) in [6, 6.07) is 16.5. The van der Waals surface area contributed by atoms with Crippen molar-refractivity contribution in [2.75, 3.05) is 14.2 Å². The maximum atomic E-state index is 13.1. The molecule has 3 aromatic heterocycles. The van der Waals surface area contributed by atoms with E-state index in [1.807, 2.05) is 29.2 Å². The highest BCUT2D eigenvalue weighted by Gasteiger charge is 2.51. The van der Waals surface area contributed by atoms with Crippen LogP contribution >= 0.6 is 0 Å². The molecule has 188 valence electrons. The molecule has 0 aliphatic carbocycles. The summed E-state index contributed by atoms with van der Waals surface area (Å²) >= 11 is 0. The normalized spacial score (nSPS) is 20.1. The number of fused-ring (bicyclic) bond motifs is 1. The summed E-state index contributed by atoms with van der Waals surface area (Å²) in [6.45, 7) is 0.165. The first-order chi connectivity index (χ1) is 18.0. The number of aromatic amines is 1. The lowest BCUT2D eigenvalue weighted by atomic mass is 9.81. The Morgan fingerprint density at radius 2 is 1.62 bits per heavy atom. The van der Waals surface area contributed by atoms with E-state index < -0.39 is 35.7 Å². The second-order valence-electron chi connectivity index (χ2n) is 8.52. The van der Waals surface area contributed by atoms with E-state index in [4.69, 9.17) is 14.5 Å². The van der Waals surface area contributed by atoms with Crippen LogP contribution in [0.1, 0.15) is 29.3 Å². The maximum absolute atomic E-state index is 13.1. The first-order valence-corrected chi connectivity index (χ1v) is 11.6. The highest BCUT2D eigenvalue weighted by Crippen LogP contribution is 2.48. The van der Waals surface area contributed by atoms with Gasteiger partial charge in [-0.3, -0.25) is 19.7 Å². The van der Waals surface area contributed by atoms with Crippen molar-refractivity contribution in [2.24, 2.45) is 5.92 Å². The highest BCUT2D eigenvalue weighted by molar-refractivity contribution is 5.93. The Labute approximate surface area is 212 Å². The van der Waals surface area contributed by atoms with Crippen LogP contribution in [0.25, 0.3) is 11.0 Å². The number of esters is 2. The lowest BCUT2D eigenvalue weighted by molar-refractivity contribution is -0.150. The molecule has 0 saturated heterocycles. The number of aliphatic hydroxyl groups excluding tert-OH is 1. The van der Waals surface area contributed by atoms with E-state index in [-0.39, 0.29) is 12.1 Å². The van der Waals surface area contributed by atoms with E-state index in [0.717, 1.165) is 11.0 Å². The van der Waals surface area contributed by atoms with Gasteiger partial charge in [0.15, 0.2) is 0 Å². The van der Waals surface area contributed by atoms with Gasteiger partial charge >= 0.3 is 11.9 Å². The van der Waals surface area contributed by atoms with Crippen molar-refractivity contribution in [3.63, 3.8) is 0 Å². The monoisotopic (exact) mass is 499 g/mol. The Balaban J connectivity index is 1.77. The zero-order valence-electron chi connectivity index (χ0n) is 20.2. The Bertz CT molecular complexity index is 1420. The molecule has 3 atom stereocenters. The Kier molecular flexibility index (Phi) is 6.65. The van der Waals surface area contributed by atoms with E-state index in [0.29, 0.717) is 17.2 Å². The summed E-state index contributed by atoms with van der Waals surface area (Å²) in [5.74, 6) is -2.60. The SMILES string of the molecule is COC(=O)C1=C(O)C(C(=O)OC)[C@@H](c2ccccn2)N(Cc2nc3ccccc3[nH]2)[C@@H]1c1ccccn1. The number of pyridine rings is 2. The van der Waals surface area contributed by atoms with Gasteiger partial charge in [0, 0.05) is 12.4 Å². The van der Waals surface area contributed by atoms with E-state index in [2.05, 4.69) is 15.0 Å². The average Bonchev–Trinajstić information content (AvgIpc) is 3.36. The number of benzene rings is 1. The molecule has 5 rings (SSSR count). The molecular formula is C27H25N5O5. The van der Waals surface area contributed by atoms with Crippen LogP contribution in [-0.2, 0) is 25.6 Å². The molecule has 37 heavy (non-hydrogen) atoms. The zero-order valence-corrected chi connectivity index (χ0v) is 20.2. The molecule has 0 saturated carbocycles. The number of carbonyl (C=O) groups is 2. The average molecular weight is 500 g/mol. The number of nitrogens with one attached hydrogen (secondary N) is 1. The lowest BCUT2D eigenvalue weighted by Gasteiger charge is -2.44. The number of rotatable bonds is 6. The molecule has 1 aromatic carbocycles. The van der Waals surface area contributed by atoms with Crippen molar-refractivity contribution in [1.29, 1.82) is 0 Å². The van der Waals surface area contributed by atoms with Crippen molar-refractivity contribution >= 4 is 23.0 Å². The summed E-state index contributed by atoms with van der Waals surface area (Å²) in [4.78, 5) is 45.1. The molecule has 1 unspecified atom stereocenters. The molecule has 10 heteroatoms. The minimum Gasteiger partial charge on any atom is -0.511 e. The van der Waals surface area contributed by atoms with E-state index >= 15 is 0 Å². The van der Waals surface area contributed by atoms with Crippen LogP contribution in [0, 0.1) is 5.92 Å². The van der Waals surface area contributed by atoms with E-state index in [9.17, 15) is 14.7 Å². The number of methoxy groups -OCH3 is 2. The van der Waals surface area contributed by atoms with E-state index in [1.165, 1.54) is 14.2 Å². The number of para-hydroxylation sites is 2. The van der Waals surface area contributed by atoms with Crippen molar-refractivity contribution in [2.45, 2.75) is 18.6 Å². The summed E-state index contributed by atoms with van der Waals surface area (Å²) < 4.78 is 10.1. The van der Waals surface area contributed by atoms with Crippen molar-refractivity contribution in [3.8, 4) is 0 Å². The molecule has 1 aliphatic heterocycles. The van der Waals surface area contributed by atoms with Gasteiger partial charge in [-0.2, -0.15) is 0 Å². The Hall–Kier alpha value is -4.57. The minimum absolute atomic E-state index is 0.0973. The predicted molar refractivity (Wildman–Crippen MR) is 133 cm³/mol. The number of H-pyrrole nitrogens is 1. The number of imidazole rings is 1. The Morgan fingerprint density at radius 1 is 0.946 bits per heavy atom. The number of carbonyl (C=O) groups excluding carboxylic acids is 2. The maximum Gasteiger partial charge on any atom is 0.339 e. The van der Waals surface area contributed by atoms with Gasteiger partial charge < -0.3 is 19.6 Å². The van der Waals surface area contributed by atoms with Gasteiger partial charge in [-0.25, -0.2) is 9.78 Å². The minimum atomic E-state index is -1.25. The number of hydrogen-bond acceptors (Lipinski definition) is 9. The molecular weight excluding hydrogens is 474 g/mol. The first kappa shape index (κ1) is 24.1. The topological polar surface area (TPSA) is 131 Å². The quantitative estimate of drug-likeness (QED) is 0.383. The molecule has 2 N–H and O–H groups in total. The molecule has 1 aliphatic rings. The highest BCUT2D eigenvalue weighted by atomic mass is 16.5. The van der Waals surface area contributed by atoms with Crippen LogP contribution in [0.4, 0.5) is 0 Å². The van der Waals surface area contributed by atoms with E-state index in [1.54, 1.807) is 48.8 Å². The van der Waals surface area contributed by atoms with Crippen LogP contribution in [-0.4, -0.2) is 56.1 Å². The molecule has 0 radical (unpaired) electrons. The van der Waals surface area contributed by atoms with Gasteiger partial charge in [0.05, 0.1) is 60.8 Å². The third-order valence-corrected chi connectivity index (χ3v) is 6.44. The van der Waals surface area contributed by atoms with Gasteiger partial charge in [-0.05, 0) is 36.4 Å². The summed E-state index contributed by atoms with van der Waals surface area (Å²) in [6.07, 6.45) is 3.21. The largest absolute Gasteiger partial charge is 0.511 e. The number of aliphatic hydroxyl groups is 1. The second-order valence-corrected chi connectivity index (χ2v) is 8.52. The first-order valence-electron chi connectivity index (χ1n) is 11.6. The number of ether oxygens (including phenoxy) is 2. The molecule has 10 nitrogen and oxygen atoms in total. The van der Waals surface area contributed by atoms with Crippen LogP contribution < -0.4 is 0 Å². The van der Waals surface area contributed by atoms with Gasteiger partial charge in [0.2, 0.25) is 0 Å². The number of aromatic nitrogens is 4. The molecule has 0 bridgehead atoms. The summed E-state index contributed by atoms with van der Waals surface area (Å²) in [5.41, 5.74) is 2.50. The van der Waals surface area contributed by atoms with Crippen molar-refractivity contribution in [1.82, 2.24) is 24.8 Å².